The molecule has 1 nitrogen and oxygen atoms in total. The minimum Gasteiger partial charge on any atom is -0.305 e. The molecule has 1 aromatic carbocycles. The van der Waals surface area contributed by atoms with E-state index in [0.29, 0.717) is 5.41 Å². The third kappa shape index (κ3) is 1.03. The summed E-state index contributed by atoms with van der Waals surface area (Å²) in [6.07, 6.45) is 2.63. The van der Waals surface area contributed by atoms with Crippen molar-refractivity contribution < 1.29 is 0 Å². The molecule has 0 unspecified atom stereocenters. The minimum absolute atomic E-state index is 0.623. The lowest BCUT2D eigenvalue weighted by Crippen LogP contribution is -2.54. The van der Waals surface area contributed by atoms with Gasteiger partial charge in [-0.2, -0.15) is 0 Å². The van der Waals surface area contributed by atoms with E-state index < -0.39 is 0 Å². The Balaban J connectivity index is 1.90. The third-order valence-corrected chi connectivity index (χ3v) is 3.46. The van der Waals surface area contributed by atoms with Gasteiger partial charge in [0.25, 0.3) is 0 Å². The molecule has 0 radical (unpaired) electrons. The highest BCUT2D eigenvalue weighted by molar-refractivity contribution is 5.35. The van der Waals surface area contributed by atoms with Crippen molar-refractivity contribution in [3.05, 3.63) is 35.4 Å². The first kappa shape index (κ1) is 7.57. The molecule has 1 heterocycles. The van der Waals surface area contributed by atoms with E-state index in [4.69, 9.17) is 0 Å². The molecule has 1 spiro atoms. The van der Waals surface area contributed by atoms with Gasteiger partial charge in [-0.15, -0.1) is 0 Å². The van der Waals surface area contributed by atoms with E-state index in [1.54, 1.807) is 11.1 Å². The van der Waals surface area contributed by atoms with Gasteiger partial charge in [0.2, 0.25) is 0 Å². The Morgan fingerprint density at radius 2 is 1.62 bits per heavy atom. The van der Waals surface area contributed by atoms with Crippen molar-refractivity contribution in [2.24, 2.45) is 5.41 Å². The van der Waals surface area contributed by atoms with Crippen LogP contribution < -0.4 is 0 Å². The van der Waals surface area contributed by atoms with Crippen LogP contribution in [-0.2, 0) is 12.8 Å². The minimum atomic E-state index is 0.623. The summed E-state index contributed by atoms with van der Waals surface area (Å²) in [4.78, 5) is 2.42. The lowest BCUT2D eigenvalue weighted by molar-refractivity contribution is 0.0320. The van der Waals surface area contributed by atoms with E-state index in [-0.39, 0.29) is 0 Å². The largest absolute Gasteiger partial charge is 0.305 e. The van der Waals surface area contributed by atoms with Crippen molar-refractivity contribution in [3.63, 3.8) is 0 Å². The molecule has 0 N–H and O–H groups in total. The zero-order valence-corrected chi connectivity index (χ0v) is 8.09. The average molecular weight is 173 g/mol. The Morgan fingerprint density at radius 3 is 2.08 bits per heavy atom. The van der Waals surface area contributed by atoms with Crippen LogP contribution in [0.5, 0.6) is 0 Å². The van der Waals surface area contributed by atoms with E-state index in [9.17, 15) is 0 Å². The van der Waals surface area contributed by atoms with Gasteiger partial charge in [0.15, 0.2) is 0 Å². The summed E-state index contributed by atoms with van der Waals surface area (Å²) in [5, 5.41) is 0. The molecular formula is C12H15N. The van der Waals surface area contributed by atoms with E-state index in [0.717, 1.165) is 0 Å². The Labute approximate surface area is 79.4 Å². The normalized spacial score (nSPS) is 24.4. The highest BCUT2D eigenvalue weighted by atomic mass is 15.2. The van der Waals surface area contributed by atoms with Gasteiger partial charge in [-0.25, -0.2) is 0 Å². The van der Waals surface area contributed by atoms with Crippen LogP contribution in [0.15, 0.2) is 24.3 Å². The van der Waals surface area contributed by atoms with Crippen molar-refractivity contribution in [3.8, 4) is 0 Å². The van der Waals surface area contributed by atoms with Gasteiger partial charge in [0.05, 0.1) is 0 Å². The Morgan fingerprint density at radius 1 is 1.08 bits per heavy atom. The lowest BCUT2D eigenvalue weighted by atomic mass is 9.77. The number of hydrogen-bond acceptors (Lipinski definition) is 1. The number of fused-ring (bicyclic) bond motifs is 1. The summed E-state index contributed by atoms with van der Waals surface area (Å²) in [7, 11) is 2.22. The highest BCUT2D eigenvalue weighted by Gasteiger charge is 2.44. The Hall–Kier alpha value is -0.820. The number of hydrogen-bond donors (Lipinski definition) is 0. The SMILES string of the molecule is CN1CC2(Cc3ccccc3C2)C1. The summed E-state index contributed by atoms with van der Waals surface area (Å²) in [6.45, 7) is 2.59. The van der Waals surface area contributed by atoms with E-state index in [2.05, 4.69) is 36.2 Å². The molecule has 0 saturated carbocycles. The number of nitrogens with zero attached hydrogens (tertiary/aromatic N) is 1. The van der Waals surface area contributed by atoms with Crippen LogP contribution >= 0.6 is 0 Å². The number of benzene rings is 1. The van der Waals surface area contributed by atoms with Gasteiger partial charge in [-0.1, -0.05) is 24.3 Å². The van der Waals surface area contributed by atoms with E-state index >= 15 is 0 Å². The first-order chi connectivity index (χ1) is 6.27. The molecule has 1 heteroatoms. The summed E-state index contributed by atoms with van der Waals surface area (Å²) >= 11 is 0. The first-order valence-corrected chi connectivity index (χ1v) is 5.03. The van der Waals surface area contributed by atoms with Gasteiger partial charge in [0.1, 0.15) is 0 Å². The van der Waals surface area contributed by atoms with Crippen molar-refractivity contribution in [2.75, 3.05) is 20.1 Å². The van der Waals surface area contributed by atoms with Crippen molar-refractivity contribution in [1.29, 1.82) is 0 Å². The van der Waals surface area contributed by atoms with Gasteiger partial charge in [-0.3, -0.25) is 0 Å². The van der Waals surface area contributed by atoms with Gasteiger partial charge in [0, 0.05) is 18.5 Å². The molecule has 1 aromatic rings. The van der Waals surface area contributed by atoms with Crippen LogP contribution in [0.25, 0.3) is 0 Å². The van der Waals surface area contributed by atoms with E-state index in [1.165, 1.54) is 25.9 Å². The molecule has 1 aliphatic carbocycles. The number of likely N-dealkylation sites (tertiary alicyclic amines) is 1. The van der Waals surface area contributed by atoms with Crippen LogP contribution in [0.1, 0.15) is 11.1 Å². The first-order valence-electron chi connectivity index (χ1n) is 5.03. The maximum absolute atomic E-state index is 2.42. The molecule has 1 saturated heterocycles. The molecule has 1 aliphatic heterocycles. The monoisotopic (exact) mass is 173 g/mol. The fourth-order valence-corrected chi connectivity index (χ4v) is 3.10. The fraction of sp³-hybridized carbons (Fsp3) is 0.500. The predicted molar refractivity (Wildman–Crippen MR) is 53.8 cm³/mol. The molecule has 68 valence electrons. The zero-order chi connectivity index (χ0) is 8.89. The summed E-state index contributed by atoms with van der Waals surface area (Å²) in [5.74, 6) is 0. The van der Waals surface area contributed by atoms with Crippen molar-refractivity contribution in [1.82, 2.24) is 4.90 Å². The second-order valence-corrected chi connectivity index (χ2v) is 4.79. The van der Waals surface area contributed by atoms with Crippen LogP contribution in [0.4, 0.5) is 0 Å². The van der Waals surface area contributed by atoms with Gasteiger partial charge < -0.3 is 4.90 Å². The maximum Gasteiger partial charge on any atom is 0.00538 e. The van der Waals surface area contributed by atoms with E-state index in [1.807, 2.05) is 0 Å². The zero-order valence-electron chi connectivity index (χ0n) is 8.09. The lowest BCUT2D eigenvalue weighted by Gasteiger charge is -2.46. The highest BCUT2D eigenvalue weighted by Crippen LogP contribution is 2.42. The molecule has 3 rings (SSSR count). The van der Waals surface area contributed by atoms with Crippen LogP contribution in [0.2, 0.25) is 0 Å². The molecule has 0 bridgehead atoms. The molecule has 0 aromatic heterocycles. The van der Waals surface area contributed by atoms with Crippen LogP contribution in [0.3, 0.4) is 0 Å². The van der Waals surface area contributed by atoms with Gasteiger partial charge in [-0.05, 0) is 31.0 Å². The summed E-state index contributed by atoms with van der Waals surface area (Å²) in [5.41, 5.74) is 3.81. The Kier molecular flexibility index (Phi) is 1.37. The quantitative estimate of drug-likeness (QED) is 0.577. The summed E-state index contributed by atoms with van der Waals surface area (Å²) in [6, 6.07) is 8.92. The second-order valence-electron chi connectivity index (χ2n) is 4.79. The predicted octanol–water partition coefficient (Wildman–Crippen LogP) is 1.72. The molecule has 1 fully saturated rings. The Bertz CT molecular complexity index is 310. The standard InChI is InChI=1S/C12H15N/c1-13-8-12(9-13)6-10-4-2-3-5-11(10)7-12/h2-5H,6-9H2,1H3. The van der Waals surface area contributed by atoms with Crippen molar-refractivity contribution >= 4 is 0 Å². The molecule has 0 amide bonds. The second kappa shape index (κ2) is 2.36. The fourth-order valence-electron chi connectivity index (χ4n) is 3.10. The van der Waals surface area contributed by atoms with Crippen LogP contribution in [-0.4, -0.2) is 25.0 Å². The third-order valence-electron chi connectivity index (χ3n) is 3.46. The topological polar surface area (TPSA) is 3.24 Å². The number of rotatable bonds is 0. The summed E-state index contributed by atoms with van der Waals surface area (Å²) < 4.78 is 0. The van der Waals surface area contributed by atoms with Crippen molar-refractivity contribution in [2.45, 2.75) is 12.8 Å². The average Bonchev–Trinajstić information content (AvgIpc) is 2.41. The smallest absolute Gasteiger partial charge is 0.00538 e. The van der Waals surface area contributed by atoms with Gasteiger partial charge >= 0.3 is 0 Å². The molecule has 13 heavy (non-hydrogen) atoms. The van der Waals surface area contributed by atoms with Crippen LogP contribution in [0, 0.1) is 5.41 Å². The molecule has 0 atom stereocenters. The molecular weight excluding hydrogens is 158 g/mol. The molecule has 2 aliphatic rings. The maximum atomic E-state index is 2.42.